The predicted octanol–water partition coefficient (Wildman–Crippen LogP) is 1.99. The summed E-state index contributed by atoms with van der Waals surface area (Å²) in [6.07, 6.45) is -1.48. The van der Waals surface area contributed by atoms with Crippen molar-refractivity contribution < 1.29 is 17.6 Å². The average molecular weight is 236 g/mol. The molecule has 0 aliphatic rings. The molecule has 1 unspecified atom stereocenters. The van der Waals surface area contributed by atoms with E-state index in [1.54, 1.807) is 6.07 Å². The minimum atomic E-state index is -4.25. The van der Waals surface area contributed by atoms with Gasteiger partial charge in [-0.25, -0.2) is 0 Å². The molecule has 0 aliphatic carbocycles. The van der Waals surface area contributed by atoms with E-state index in [9.17, 15) is 13.2 Å². The van der Waals surface area contributed by atoms with Crippen LogP contribution in [0.25, 0.3) is 0 Å². The Morgan fingerprint density at radius 3 is 2.62 bits per heavy atom. The van der Waals surface area contributed by atoms with Crippen LogP contribution in [-0.2, 0) is 6.54 Å². The van der Waals surface area contributed by atoms with E-state index in [0.717, 1.165) is 0 Å². The normalized spacial score (nSPS) is 14.4. The number of nitrogens with two attached hydrogens (primary N) is 1. The quantitative estimate of drug-likeness (QED) is 0.850. The molecule has 92 valence electrons. The zero-order chi connectivity index (χ0) is 12.2. The highest BCUT2D eigenvalue weighted by Gasteiger charge is 2.41. The molecule has 0 amide bonds. The predicted molar refractivity (Wildman–Crippen MR) is 53.7 cm³/mol. The van der Waals surface area contributed by atoms with Gasteiger partial charge in [0.15, 0.2) is 0 Å². The molecule has 0 saturated heterocycles. The van der Waals surface area contributed by atoms with Gasteiger partial charge < -0.3 is 10.2 Å². The van der Waals surface area contributed by atoms with E-state index in [1.807, 2.05) is 0 Å². The molecular formula is C10H15F3N2O. The summed E-state index contributed by atoms with van der Waals surface area (Å²) in [5.74, 6) is 0. The van der Waals surface area contributed by atoms with Crippen LogP contribution in [-0.4, -0.2) is 30.7 Å². The van der Waals surface area contributed by atoms with E-state index in [4.69, 9.17) is 10.2 Å². The molecular weight excluding hydrogens is 221 g/mol. The minimum absolute atomic E-state index is 0.0138. The van der Waals surface area contributed by atoms with E-state index in [-0.39, 0.29) is 19.5 Å². The standard InChI is InChI=1S/C10H15F3N2O/c1-15(6-8-3-5-16-7-8)9(2-4-14)10(11,12)13/h3,5,7,9H,2,4,6,14H2,1H3. The molecule has 1 heterocycles. The summed E-state index contributed by atoms with van der Waals surface area (Å²) in [7, 11) is 1.43. The topological polar surface area (TPSA) is 42.4 Å². The van der Waals surface area contributed by atoms with Gasteiger partial charge in [0.1, 0.15) is 6.04 Å². The summed E-state index contributed by atoms with van der Waals surface area (Å²) in [4.78, 5) is 1.23. The highest BCUT2D eigenvalue weighted by Crippen LogP contribution is 2.27. The molecule has 0 bridgehead atoms. The van der Waals surface area contributed by atoms with Crippen LogP contribution in [0.2, 0.25) is 0 Å². The molecule has 2 N–H and O–H groups in total. The monoisotopic (exact) mass is 236 g/mol. The molecule has 1 aromatic rings. The fraction of sp³-hybridized carbons (Fsp3) is 0.600. The maximum atomic E-state index is 12.7. The number of halogens is 3. The van der Waals surface area contributed by atoms with Crippen LogP contribution >= 0.6 is 0 Å². The van der Waals surface area contributed by atoms with Gasteiger partial charge in [-0.3, -0.25) is 4.90 Å². The first-order chi connectivity index (χ1) is 7.45. The van der Waals surface area contributed by atoms with Gasteiger partial charge in [-0.15, -0.1) is 0 Å². The van der Waals surface area contributed by atoms with Crippen LogP contribution in [0.15, 0.2) is 23.0 Å². The van der Waals surface area contributed by atoms with E-state index < -0.39 is 12.2 Å². The second kappa shape index (κ2) is 5.36. The van der Waals surface area contributed by atoms with Gasteiger partial charge in [0, 0.05) is 12.1 Å². The third-order valence-electron chi connectivity index (χ3n) is 2.36. The molecule has 16 heavy (non-hydrogen) atoms. The molecule has 0 fully saturated rings. The summed E-state index contributed by atoms with van der Waals surface area (Å²) in [6.45, 7) is 0.209. The number of hydrogen-bond acceptors (Lipinski definition) is 3. The maximum Gasteiger partial charge on any atom is 0.404 e. The Hall–Kier alpha value is -1.01. The van der Waals surface area contributed by atoms with Gasteiger partial charge in [0.25, 0.3) is 0 Å². The smallest absolute Gasteiger partial charge is 0.404 e. The van der Waals surface area contributed by atoms with Crippen molar-refractivity contribution in [3.05, 3.63) is 24.2 Å². The Bertz CT molecular complexity index is 298. The SMILES string of the molecule is CN(Cc1ccoc1)C(CCN)C(F)(F)F. The second-order valence-corrected chi connectivity index (χ2v) is 3.68. The highest BCUT2D eigenvalue weighted by atomic mass is 19.4. The molecule has 1 rings (SSSR count). The highest BCUT2D eigenvalue weighted by molar-refractivity contribution is 5.05. The largest absolute Gasteiger partial charge is 0.472 e. The summed E-state index contributed by atoms with van der Waals surface area (Å²) in [5, 5.41) is 0. The molecule has 6 heteroatoms. The Balaban J connectivity index is 2.64. The van der Waals surface area contributed by atoms with Crippen LogP contribution < -0.4 is 5.73 Å². The van der Waals surface area contributed by atoms with Crippen LogP contribution in [0.4, 0.5) is 13.2 Å². The van der Waals surface area contributed by atoms with Crippen molar-refractivity contribution in [2.45, 2.75) is 25.2 Å². The van der Waals surface area contributed by atoms with Crippen LogP contribution in [0.3, 0.4) is 0 Å². The molecule has 1 atom stereocenters. The average Bonchev–Trinajstić information content (AvgIpc) is 2.64. The third-order valence-corrected chi connectivity index (χ3v) is 2.36. The first-order valence-corrected chi connectivity index (χ1v) is 4.93. The number of nitrogens with zero attached hydrogens (tertiary/aromatic N) is 1. The fourth-order valence-electron chi connectivity index (χ4n) is 1.57. The number of alkyl halides is 3. The summed E-state index contributed by atoms with van der Waals surface area (Å²) in [6, 6.07) is 0.138. The Kier molecular flexibility index (Phi) is 4.37. The molecule has 0 aromatic carbocycles. The molecule has 0 saturated carbocycles. The summed E-state index contributed by atoms with van der Waals surface area (Å²) in [5.41, 5.74) is 5.91. The Labute approximate surface area is 92.0 Å². The van der Waals surface area contributed by atoms with Crippen LogP contribution in [0, 0.1) is 0 Å². The van der Waals surface area contributed by atoms with E-state index in [2.05, 4.69) is 0 Å². The summed E-state index contributed by atoms with van der Waals surface area (Å²) >= 11 is 0. The third kappa shape index (κ3) is 3.53. The van der Waals surface area contributed by atoms with Crippen molar-refractivity contribution in [3.8, 4) is 0 Å². The van der Waals surface area contributed by atoms with Crippen molar-refractivity contribution in [1.29, 1.82) is 0 Å². The van der Waals surface area contributed by atoms with Crippen molar-refractivity contribution in [2.24, 2.45) is 5.73 Å². The first-order valence-electron chi connectivity index (χ1n) is 4.93. The number of furan rings is 1. The van der Waals surface area contributed by atoms with Crippen molar-refractivity contribution in [3.63, 3.8) is 0 Å². The fourth-order valence-corrected chi connectivity index (χ4v) is 1.57. The minimum Gasteiger partial charge on any atom is -0.472 e. The van der Waals surface area contributed by atoms with Gasteiger partial charge in [-0.05, 0) is 26.1 Å². The zero-order valence-electron chi connectivity index (χ0n) is 9.00. The van der Waals surface area contributed by atoms with Crippen LogP contribution in [0.1, 0.15) is 12.0 Å². The molecule has 0 spiro atoms. The molecule has 0 aliphatic heterocycles. The lowest BCUT2D eigenvalue weighted by atomic mass is 10.1. The van der Waals surface area contributed by atoms with Crippen molar-refractivity contribution in [2.75, 3.05) is 13.6 Å². The Morgan fingerprint density at radius 2 is 2.19 bits per heavy atom. The first kappa shape index (κ1) is 13.1. The van der Waals surface area contributed by atoms with Gasteiger partial charge >= 0.3 is 6.18 Å². The van der Waals surface area contributed by atoms with Crippen LogP contribution in [0.5, 0.6) is 0 Å². The number of rotatable bonds is 5. The van der Waals surface area contributed by atoms with E-state index in [0.29, 0.717) is 5.56 Å². The van der Waals surface area contributed by atoms with Crippen molar-refractivity contribution in [1.82, 2.24) is 4.90 Å². The lowest BCUT2D eigenvalue weighted by Crippen LogP contribution is -2.44. The number of hydrogen-bond donors (Lipinski definition) is 1. The van der Waals surface area contributed by atoms with E-state index in [1.165, 1.54) is 24.5 Å². The second-order valence-electron chi connectivity index (χ2n) is 3.68. The summed E-state index contributed by atoms with van der Waals surface area (Å²) < 4.78 is 42.8. The van der Waals surface area contributed by atoms with Gasteiger partial charge in [0.05, 0.1) is 12.5 Å². The molecule has 0 radical (unpaired) electrons. The maximum absolute atomic E-state index is 12.7. The zero-order valence-corrected chi connectivity index (χ0v) is 9.00. The lowest BCUT2D eigenvalue weighted by Gasteiger charge is -2.29. The molecule has 1 aromatic heterocycles. The van der Waals surface area contributed by atoms with Crippen molar-refractivity contribution >= 4 is 0 Å². The lowest BCUT2D eigenvalue weighted by molar-refractivity contribution is -0.182. The van der Waals surface area contributed by atoms with E-state index >= 15 is 0 Å². The van der Waals surface area contributed by atoms with Gasteiger partial charge in [-0.2, -0.15) is 13.2 Å². The molecule has 3 nitrogen and oxygen atoms in total. The van der Waals surface area contributed by atoms with Gasteiger partial charge in [0.2, 0.25) is 0 Å². The Morgan fingerprint density at radius 1 is 1.50 bits per heavy atom. The van der Waals surface area contributed by atoms with Gasteiger partial charge in [-0.1, -0.05) is 0 Å².